The van der Waals surface area contributed by atoms with Crippen molar-refractivity contribution in [1.29, 1.82) is 0 Å². The van der Waals surface area contributed by atoms with Crippen LogP contribution in [0.4, 0.5) is 17.1 Å². The molecule has 148 valence electrons. The molecule has 0 aromatic heterocycles. The van der Waals surface area contributed by atoms with Crippen molar-refractivity contribution >= 4 is 28.9 Å². The van der Waals surface area contributed by atoms with Gasteiger partial charge in [-0.25, -0.2) is 0 Å². The van der Waals surface area contributed by atoms with Gasteiger partial charge in [-0.05, 0) is 49.4 Å². The molecule has 3 aromatic rings. The molecule has 0 saturated heterocycles. The minimum Gasteiger partial charge on any atom is -0.365 e. The molecule has 0 spiro atoms. The van der Waals surface area contributed by atoms with E-state index in [0.717, 1.165) is 11.4 Å². The molecule has 2 amide bonds. The zero-order chi connectivity index (χ0) is 20.6. The topological polar surface area (TPSA) is 52.7 Å². The van der Waals surface area contributed by atoms with Gasteiger partial charge in [-0.3, -0.25) is 9.59 Å². The Bertz CT molecular complexity index is 958. The molecular formula is C24H25N3O2. The molecule has 29 heavy (non-hydrogen) atoms. The summed E-state index contributed by atoms with van der Waals surface area (Å²) in [6.07, 6.45) is 0. The number of hydrogen-bond donors (Lipinski definition) is 1. The van der Waals surface area contributed by atoms with E-state index in [-0.39, 0.29) is 18.4 Å². The van der Waals surface area contributed by atoms with E-state index in [1.54, 1.807) is 29.2 Å². The molecule has 0 bridgehead atoms. The fraction of sp³-hybridized carbons (Fsp3) is 0.167. The number of hydrogen-bond acceptors (Lipinski definition) is 3. The second kappa shape index (κ2) is 9.55. The maximum Gasteiger partial charge on any atom is 0.258 e. The third-order valence-corrected chi connectivity index (χ3v) is 4.60. The Hall–Kier alpha value is -3.60. The summed E-state index contributed by atoms with van der Waals surface area (Å²) in [6.45, 7) is 2.71. The highest BCUT2D eigenvalue weighted by molar-refractivity contribution is 6.07. The number of anilines is 3. The van der Waals surface area contributed by atoms with E-state index in [2.05, 4.69) is 5.32 Å². The van der Waals surface area contributed by atoms with Crippen molar-refractivity contribution in [3.8, 4) is 0 Å². The summed E-state index contributed by atoms with van der Waals surface area (Å²) in [5.41, 5.74) is 2.95. The number of nitrogens with zero attached hydrogens (tertiary/aromatic N) is 2. The number of carbonyl (C=O) groups is 2. The molecule has 0 aliphatic carbocycles. The van der Waals surface area contributed by atoms with Crippen molar-refractivity contribution in [2.45, 2.75) is 6.92 Å². The van der Waals surface area contributed by atoms with Gasteiger partial charge in [-0.1, -0.05) is 42.5 Å². The SMILES string of the molecule is CCN(C(=O)c1cccc(NC(=O)CN(C)c2ccccc2)c1)c1ccccc1. The molecule has 5 heteroatoms. The summed E-state index contributed by atoms with van der Waals surface area (Å²) in [5.74, 6) is -0.243. The Kier molecular flexibility index (Phi) is 6.63. The van der Waals surface area contributed by atoms with Crippen LogP contribution in [-0.4, -0.2) is 32.0 Å². The van der Waals surface area contributed by atoms with Crippen LogP contribution < -0.4 is 15.1 Å². The van der Waals surface area contributed by atoms with E-state index in [0.29, 0.717) is 17.8 Å². The van der Waals surface area contributed by atoms with Gasteiger partial charge in [0.15, 0.2) is 0 Å². The fourth-order valence-electron chi connectivity index (χ4n) is 3.13. The van der Waals surface area contributed by atoms with Crippen molar-refractivity contribution in [2.75, 3.05) is 35.3 Å². The standard InChI is InChI=1S/C24H25N3O2/c1-3-27(22-15-8-5-9-16-22)24(29)19-11-10-12-20(17-19)25-23(28)18-26(2)21-13-6-4-7-14-21/h4-17H,3,18H2,1-2H3,(H,25,28). The number of likely N-dealkylation sites (N-methyl/N-ethyl adjacent to an activating group) is 1. The lowest BCUT2D eigenvalue weighted by atomic mass is 10.1. The lowest BCUT2D eigenvalue weighted by molar-refractivity contribution is -0.114. The van der Waals surface area contributed by atoms with Crippen molar-refractivity contribution in [1.82, 2.24) is 0 Å². The number of rotatable bonds is 7. The normalized spacial score (nSPS) is 10.3. The summed E-state index contributed by atoms with van der Waals surface area (Å²) in [5, 5.41) is 2.88. The highest BCUT2D eigenvalue weighted by atomic mass is 16.2. The van der Waals surface area contributed by atoms with Gasteiger partial charge >= 0.3 is 0 Å². The molecule has 1 N–H and O–H groups in total. The van der Waals surface area contributed by atoms with Gasteiger partial charge in [0.25, 0.3) is 5.91 Å². The first kappa shape index (κ1) is 20.1. The van der Waals surface area contributed by atoms with Gasteiger partial charge in [0.1, 0.15) is 0 Å². The quantitative estimate of drug-likeness (QED) is 0.653. The number of amides is 2. The zero-order valence-electron chi connectivity index (χ0n) is 16.7. The zero-order valence-corrected chi connectivity index (χ0v) is 16.7. The Morgan fingerprint density at radius 1 is 0.828 bits per heavy atom. The second-order valence-corrected chi connectivity index (χ2v) is 6.71. The number of carbonyl (C=O) groups excluding carboxylic acids is 2. The van der Waals surface area contributed by atoms with Crippen LogP contribution in [0.5, 0.6) is 0 Å². The Labute approximate surface area is 171 Å². The molecule has 0 radical (unpaired) electrons. The first-order chi connectivity index (χ1) is 14.1. The van der Waals surface area contributed by atoms with Gasteiger partial charge in [0.2, 0.25) is 5.91 Å². The maximum absolute atomic E-state index is 13.0. The fourth-order valence-corrected chi connectivity index (χ4v) is 3.13. The molecule has 3 rings (SSSR count). The van der Waals surface area contributed by atoms with Gasteiger partial charge in [-0.2, -0.15) is 0 Å². The first-order valence-corrected chi connectivity index (χ1v) is 9.61. The first-order valence-electron chi connectivity index (χ1n) is 9.61. The van der Waals surface area contributed by atoms with E-state index in [1.165, 1.54) is 0 Å². The molecule has 0 unspecified atom stereocenters. The van der Waals surface area contributed by atoms with Crippen LogP contribution in [0.1, 0.15) is 17.3 Å². The van der Waals surface area contributed by atoms with Gasteiger partial charge in [0, 0.05) is 36.2 Å². The lowest BCUT2D eigenvalue weighted by Crippen LogP contribution is -2.31. The van der Waals surface area contributed by atoms with Crippen LogP contribution in [0.2, 0.25) is 0 Å². The van der Waals surface area contributed by atoms with Crippen molar-refractivity contribution in [3.63, 3.8) is 0 Å². The van der Waals surface area contributed by atoms with Crippen LogP contribution in [0.25, 0.3) is 0 Å². The lowest BCUT2D eigenvalue weighted by Gasteiger charge is -2.21. The predicted molar refractivity (Wildman–Crippen MR) is 119 cm³/mol. The van der Waals surface area contributed by atoms with Crippen LogP contribution in [0.3, 0.4) is 0 Å². The molecule has 0 atom stereocenters. The van der Waals surface area contributed by atoms with E-state index in [9.17, 15) is 9.59 Å². The molecule has 0 saturated carbocycles. The molecule has 0 aliphatic rings. The summed E-state index contributed by atoms with van der Waals surface area (Å²) < 4.78 is 0. The molecule has 0 heterocycles. The summed E-state index contributed by atoms with van der Waals surface area (Å²) in [7, 11) is 1.87. The number of benzene rings is 3. The Morgan fingerprint density at radius 3 is 2.07 bits per heavy atom. The average molecular weight is 387 g/mol. The van der Waals surface area contributed by atoms with Gasteiger partial charge in [-0.15, -0.1) is 0 Å². The van der Waals surface area contributed by atoms with Crippen LogP contribution in [0.15, 0.2) is 84.9 Å². The Morgan fingerprint density at radius 2 is 1.45 bits per heavy atom. The number of para-hydroxylation sites is 2. The highest BCUT2D eigenvalue weighted by Crippen LogP contribution is 2.19. The predicted octanol–water partition coefficient (Wildman–Crippen LogP) is 4.43. The summed E-state index contributed by atoms with van der Waals surface area (Å²) in [4.78, 5) is 29.0. The average Bonchev–Trinajstić information content (AvgIpc) is 2.75. The molecule has 0 fully saturated rings. The molecule has 5 nitrogen and oxygen atoms in total. The summed E-state index contributed by atoms with van der Waals surface area (Å²) >= 11 is 0. The third-order valence-electron chi connectivity index (χ3n) is 4.60. The largest absolute Gasteiger partial charge is 0.365 e. The third kappa shape index (κ3) is 5.23. The second-order valence-electron chi connectivity index (χ2n) is 6.71. The monoisotopic (exact) mass is 387 g/mol. The molecule has 0 aliphatic heterocycles. The number of nitrogens with one attached hydrogen (secondary N) is 1. The van der Waals surface area contributed by atoms with Gasteiger partial charge in [0.05, 0.1) is 6.54 Å². The molecule has 3 aromatic carbocycles. The van der Waals surface area contributed by atoms with Crippen molar-refractivity contribution in [3.05, 3.63) is 90.5 Å². The smallest absolute Gasteiger partial charge is 0.258 e. The van der Waals surface area contributed by atoms with Crippen molar-refractivity contribution in [2.24, 2.45) is 0 Å². The maximum atomic E-state index is 13.0. The van der Waals surface area contributed by atoms with E-state index in [4.69, 9.17) is 0 Å². The van der Waals surface area contributed by atoms with Crippen LogP contribution in [-0.2, 0) is 4.79 Å². The molecular weight excluding hydrogens is 362 g/mol. The Balaban J connectivity index is 1.69. The van der Waals surface area contributed by atoms with E-state index in [1.807, 2.05) is 79.5 Å². The van der Waals surface area contributed by atoms with E-state index >= 15 is 0 Å². The minimum atomic E-state index is -0.142. The van der Waals surface area contributed by atoms with E-state index < -0.39 is 0 Å². The van der Waals surface area contributed by atoms with Gasteiger partial charge < -0.3 is 15.1 Å². The highest BCUT2D eigenvalue weighted by Gasteiger charge is 2.16. The minimum absolute atomic E-state index is 0.101. The van der Waals surface area contributed by atoms with Crippen molar-refractivity contribution < 1.29 is 9.59 Å². The summed E-state index contributed by atoms with van der Waals surface area (Å²) in [6, 6.07) is 26.3. The van der Waals surface area contributed by atoms with Crippen LogP contribution in [0, 0.1) is 0 Å². The van der Waals surface area contributed by atoms with Crippen LogP contribution >= 0.6 is 0 Å².